The average molecular weight is 205 g/mol. The van der Waals surface area contributed by atoms with Crippen molar-refractivity contribution in [3.05, 3.63) is 71.3 Å². The summed E-state index contributed by atoms with van der Waals surface area (Å²) >= 11 is 0. The van der Waals surface area contributed by atoms with Gasteiger partial charge in [0.2, 0.25) is 0 Å². The van der Waals surface area contributed by atoms with Gasteiger partial charge in [0, 0.05) is 0 Å². The normalized spacial score (nSPS) is 10.2. The molecule has 0 fully saturated rings. The number of hydrogen-bond acceptors (Lipinski definition) is 1. The fourth-order valence-corrected chi connectivity index (χ4v) is 1.47. The Bertz CT molecular complexity index is 533. The van der Waals surface area contributed by atoms with Gasteiger partial charge in [-0.05, 0) is 23.3 Å². The number of hydrogen-bond donors (Lipinski definition) is 0. The van der Waals surface area contributed by atoms with Crippen molar-refractivity contribution in [1.29, 1.82) is 5.26 Å². The molecule has 0 radical (unpaired) electrons. The number of nitriles is 1. The van der Waals surface area contributed by atoms with Crippen LogP contribution in [0.5, 0.6) is 0 Å². The molecule has 0 aliphatic heterocycles. The molecule has 2 aromatic carbocycles. The molecule has 0 aromatic heterocycles. The maximum Gasteiger partial charge on any atom is 0.0991 e. The lowest BCUT2D eigenvalue weighted by molar-refractivity contribution is 1.48. The van der Waals surface area contributed by atoms with E-state index in [1.54, 1.807) is 6.07 Å². The van der Waals surface area contributed by atoms with E-state index in [0.29, 0.717) is 5.56 Å². The van der Waals surface area contributed by atoms with Crippen molar-refractivity contribution in [3.63, 3.8) is 0 Å². The Morgan fingerprint density at radius 2 is 1.50 bits per heavy atom. The lowest BCUT2D eigenvalue weighted by Gasteiger charge is -1.94. The molecule has 0 N–H and O–H groups in total. The summed E-state index contributed by atoms with van der Waals surface area (Å²) in [6, 6.07) is 19.8. The molecule has 0 amide bonds. The van der Waals surface area contributed by atoms with Crippen molar-refractivity contribution in [3.8, 4) is 6.07 Å². The molecule has 1 heteroatoms. The van der Waals surface area contributed by atoms with Gasteiger partial charge in [-0.1, -0.05) is 54.6 Å². The summed E-state index contributed by atoms with van der Waals surface area (Å²) in [5.74, 6) is 0. The first-order valence-corrected chi connectivity index (χ1v) is 5.12. The minimum atomic E-state index is 0.690. The van der Waals surface area contributed by atoms with E-state index in [1.807, 2.05) is 60.7 Å². The zero-order chi connectivity index (χ0) is 11.2. The van der Waals surface area contributed by atoms with Gasteiger partial charge >= 0.3 is 0 Å². The molecule has 0 saturated heterocycles. The molecule has 0 aliphatic rings. The second kappa shape index (κ2) is 4.95. The third-order valence-corrected chi connectivity index (χ3v) is 2.28. The Labute approximate surface area is 95.3 Å². The summed E-state index contributed by atoms with van der Waals surface area (Å²) in [5, 5.41) is 8.77. The van der Waals surface area contributed by atoms with Crippen molar-refractivity contribution in [2.45, 2.75) is 0 Å². The van der Waals surface area contributed by atoms with Crippen LogP contribution in [0.2, 0.25) is 0 Å². The highest BCUT2D eigenvalue weighted by Gasteiger charge is 1.90. The van der Waals surface area contributed by atoms with Crippen LogP contribution in [0.15, 0.2) is 54.6 Å². The van der Waals surface area contributed by atoms with E-state index < -0.39 is 0 Å². The lowest BCUT2D eigenvalue weighted by atomic mass is 10.1. The molecule has 16 heavy (non-hydrogen) atoms. The van der Waals surface area contributed by atoms with Crippen LogP contribution in [-0.4, -0.2) is 0 Å². The first-order valence-electron chi connectivity index (χ1n) is 5.12. The van der Waals surface area contributed by atoms with Crippen LogP contribution in [0.3, 0.4) is 0 Å². The van der Waals surface area contributed by atoms with E-state index in [1.165, 1.54) is 0 Å². The van der Waals surface area contributed by atoms with Gasteiger partial charge in [-0.25, -0.2) is 0 Å². The van der Waals surface area contributed by atoms with E-state index in [4.69, 9.17) is 5.26 Å². The van der Waals surface area contributed by atoms with Crippen molar-refractivity contribution in [2.24, 2.45) is 0 Å². The molecule has 0 aliphatic carbocycles. The predicted molar refractivity (Wildman–Crippen MR) is 66.5 cm³/mol. The molecule has 1 nitrogen and oxygen atoms in total. The van der Waals surface area contributed by atoms with Crippen LogP contribution >= 0.6 is 0 Å². The Balaban J connectivity index is 2.21. The molecule has 0 atom stereocenters. The molecular weight excluding hydrogens is 194 g/mol. The third-order valence-electron chi connectivity index (χ3n) is 2.28. The van der Waals surface area contributed by atoms with Crippen LogP contribution in [0, 0.1) is 11.3 Å². The largest absolute Gasteiger partial charge is 0.192 e. The first-order chi connectivity index (χ1) is 7.88. The van der Waals surface area contributed by atoms with Gasteiger partial charge in [-0.2, -0.15) is 5.26 Å². The van der Waals surface area contributed by atoms with Gasteiger partial charge in [-0.15, -0.1) is 0 Å². The number of nitrogens with zero attached hydrogens (tertiary/aromatic N) is 1. The maximum atomic E-state index is 8.77. The molecule has 76 valence electrons. The van der Waals surface area contributed by atoms with Gasteiger partial charge in [0.25, 0.3) is 0 Å². The fourth-order valence-electron chi connectivity index (χ4n) is 1.47. The lowest BCUT2D eigenvalue weighted by Crippen LogP contribution is -1.76. The molecule has 0 spiro atoms. The Hall–Kier alpha value is -2.33. The first kappa shape index (κ1) is 10.2. The van der Waals surface area contributed by atoms with Crippen LogP contribution < -0.4 is 0 Å². The van der Waals surface area contributed by atoms with Crippen molar-refractivity contribution in [2.75, 3.05) is 0 Å². The summed E-state index contributed by atoms with van der Waals surface area (Å²) in [6.07, 6.45) is 4.05. The predicted octanol–water partition coefficient (Wildman–Crippen LogP) is 3.73. The second-order valence-corrected chi connectivity index (χ2v) is 3.48. The van der Waals surface area contributed by atoms with Gasteiger partial charge in [-0.3, -0.25) is 0 Å². The average Bonchev–Trinajstić information content (AvgIpc) is 2.38. The topological polar surface area (TPSA) is 23.8 Å². The molecule has 0 bridgehead atoms. The summed E-state index contributed by atoms with van der Waals surface area (Å²) < 4.78 is 0. The summed E-state index contributed by atoms with van der Waals surface area (Å²) in [7, 11) is 0. The number of benzene rings is 2. The van der Waals surface area contributed by atoms with E-state index in [0.717, 1.165) is 11.1 Å². The van der Waals surface area contributed by atoms with E-state index in [-0.39, 0.29) is 0 Å². The van der Waals surface area contributed by atoms with Crippen LogP contribution in [0.4, 0.5) is 0 Å². The quantitative estimate of drug-likeness (QED) is 0.685. The summed E-state index contributed by atoms with van der Waals surface area (Å²) in [5.41, 5.74) is 2.89. The van der Waals surface area contributed by atoms with E-state index >= 15 is 0 Å². The minimum absolute atomic E-state index is 0.690. The van der Waals surface area contributed by atoms with Crippen LogP contribution in [0.1, 0.15) is 16.7 Å². The molecule has 2 rings (SSSR count). The Morgan fingerprint density at radius 1 is 0.812 bits per heavy atom. The Kier molecular flexibility index (Phi) is 3.15. The standard InChI is InChI=1S/C15H11N/c16-12-15-8-4-7-14(11-15)10-9-13-5-2-1-3-6-13/h1-11H. The molecule has 0 unspecified atom stereocenters. The zero-order valence-corrected chi connectivity index (χ0v) is 8.80. The monoisotopic (exact) mass is 205 g/mol. The maximum absolute atomic E-state index is 8.77. The van der Waals surface area contributed by atoms with Crippen LogP contribution in [-0.2, 0) is 0 Å². The third kappa shape index (κ3) is 2.59. The number of rotatable bonds is 2. The van der Waals surface area contributed by atoms with Crippen molar-refractivity contribution >= 4 is 12.2 Å². The Morgan fingerprint density at radius 3 is 2.25 bits per heavy atom. The smallest absolute Gasteiger partial charge is 0.0991 e. The highest BCUT2D eigenvalue weighted by atomic mass is 14.2. The molecule has 0 saturated carbocycles. The highest BCUT2D eigenvalue weighted by molar-refractivity contribution is 5.70. The molecular formula is C15H11N. The summed E-state index contributed by atoms with van der Waals surface area (Å²) in [6.45, 7) is 0. The van der Waals surface area contributed by atoms with Crippen molar-refractivity contribution in [1.82, 2.24) is 0 Å². The van der Waals surface area contributed by atoms with Gasteiger partial charge < -0.3 is 0 Å². The van der Waals surface area contributed by atoms with E-state index in [9.17, 15) is 0 Å². The second-order valence-electron chi connectivity index (χ2n) is 3.48. The van der Waals surface area contributed by atoms with Crippen molar-refractivity contribution < 1.29 is 0 Å². The fraction of sp³-hybridized carbons (Fsp3) is 0. The SMILES string of the molecule is N#Cc1cccc(C=Cc2ccccc2)c1. The van der Waals surface area contributed by atoms with Gasteiger partial charge in [0.1, 0.15) is 0 Å². The van der Waals surface area contributed by atoms with Gasteiger partial charge in [0.05, 0.1) is 11.6 Å². The minimum Gasteiger partial charge on any atom is -0.192 e. The van der Waals surface area contributed by atoms with Crippen LogP contribution in [0.25, 0.3) is 12.2 Å². The van der Waals surface area contributed by atoms with Gasteiger partial charge in [0.15, 0.2) is 0 Å². The summed E-state index contributed by atoms with van der Waals surface area (Å²) in [4.78, 5) is 0. The molecule has 2 aromatic rings. The van der Waals surface area contributed by atoms with E-state index in [2.05, 4.69) is 6.07 Å². The zero-order valence-electron chi connectivity index (χ0n) is 8.80. The molecule has 0 heterocycles. The highest BCUT2D eigenvalue weighted by Crippen LogP contribution is 2.09.